The van der Waals surface area contributed by atoms with Gasteiger partial charge < -0.3 is 25.0 Å². The lowest BCUT2D eigenvalue weighted by atomic mass is 9.89. The van der Waals surface area contributed by atoms with E-state index in [-0.39, 0.29) is 17.0 Å². The molecule has 0 amide bonds. The van der Waals surface area contributed by atoms with Gasteiger partial charge in [0.25, 0.3) is 0 Å². The highest BCUT2D eigenvalue weighted by molar-refractivity contribution is 6.30. The maximum atomic E-state index is 13.6. The number of piperazine rings is 1. The molecule has 0 spiro atoms. The average Bonchev–Trinajstić information content (AvgIpc) is 3.33. The zero-order valence-electron chi connectivity index (χ0n) is 16.7. The number of carboxylic acids is 1. The zero-order chi connectivity index (χ0) is 21.8. The summed E-state index contributed by atoms with van der Waals surface area (Å²) in [7, 11) is 0. The predicted molar refractivity (Wildman–Crippen MR) is 118 cm³/mol. The van der Waals surface area contributed by atoms with Crippen molar-refractivity contribution in [2.24, 2.45) is 0 Å². The van der Waals surface area contributed by atoms with Crippen molar-refractivity contribution in [3.8, 4) is 5.75 Å². The second-order valence-corrected chi connectivity index (χ2v) is 7.68. The van der Waals surface area contributed by atoms with E-state index in [9.17, 15) is 14.7 Å². The number of carboxylic acid groups (broad SMARTS) is 1. The Kier molecular flexibility index (Phi) is 5.97. The van der Waals surface area contributed by atoms with Gasteiger partial charge in [-0.3, -0.25) is 4.79 Å². The molecule has 7 nitrogen and oxygen atoms in total. The van der Waals surface area contributed by atoms with Crippen molar-refractivity contribution in [2.45, 2.75) is 5.60 Å². The van der Waals surface area contributed by atoms with Crippen LogP contribution in [0.2, 0.25) is 5.02 Å². The van der Waals surface area contributed by atoms with Crippen molar-refractivity contribution in [3.05, 3.63) is 83.1 Å². The van der Waals surface area contributed by atoms with Crippen molar-refractivity contribution < 1.29 is 19.4 Å². The molecule has 8 heteroatoms. The number of hydrogen-bond acceptors (Lipinski definition) is 5. The number of aliphatic carboxylic acids is 1. The summed E-state index contributed by atoms with van der Waals surface area (Å²) in [4.78, 5) is 31.2. The van der Waals surface area contributed by atoms with E-state index < -0.39 is 17.4 Å². The number of carbonyl (C=O) groups is 2. The first-order chi connectivity index (χ1) is 15.0. The zero-order valence-corrected chi connectivity index (χ0v) is 17.4. The molecule has 1 aromatic heterocycles. The molecule has 0 radical (unpaired) electrons. The molecule has 0 saturated carbocycles. The van der Waals surface area contributed by atoms with Gasteiger partial charge in [-0.05, 0) is 54.6 Å². The molecule has 31 heavy (non-hydrogen) atoms. The predicted octanol–water partition coefficient (Wildman–Crippen LogP) is 3.32. The molecular weight excluding hydrogens is 418 g/mol. The van der Waals surface area contributed by atoms with Crippen molar-refractivity contribution in [2.75, 3.05) is 31.1 Å². The average molecular weight is 440 g/mol. The molecule has 160 valence electrons. The summed E-state index contributed by atoms with van der Waals surface area (Å²) in [5, 5.41) is 13.9. The van der Waals surface area contributed by atoms with Gasteiger partial charge in [-0.2, -0.15) is 0 Å². The number of benzene rings is 2. The number of hydrogen-bond donors (Lipinski definition) is 3. The molecule has 1 saturated heterocycles. The second-order valence-electron chi connectivity index (χ2n) is 7.24. The standard InChI is InChI=1S/C23H22ClN3O4/c24-17-3-1-4-19(15-17)31-23(22(29)30,20-5-2-10-26-20)21(28)16-6-8-18(9-7-16)27-13-11-25-12-14-27/h1-10,15,25-26H,11-14H2,(H,29,30). The minimum Gasteiger partial charge on any atom is -0.478 e. The Hall–Kier alpha value is -3.29. The van der Waals surface area contributed by atoms with Crippen molar-refractivity contribution >= 4 is 29.0 Å². The Bertz CT molecular complexity index is 1060. The van der Waals surface area contributed by atoms with Gasteiger partial charge in [-0.25, -0.2) is 4.79 Å². The number of nitrogens with zero attached hydrogens (tertiary/aromatic N) is 1. The van der Waals surface area contributed by atoms with E-state index in [1.807, 2.05) is 12.1 Å². The van der Waals surface area contributed by atoms with Crippen molar-refractivity contribution in [3.63, 3.8) is 0 Å². The fourth-order valence-electron chi connectivity index (χ4n) is 3.69. The molecule has 3 N–H and O–H groups in total. The smallest absolute Gasteiger partial charge is 0.362 e. The highest BCUT2D eigenvalue weighted by Crippen LogP contribution is 2.33. The maximum absolute atomic E-state index is 13.6. The number of halogens is 1. The minimum atomic E-state index is -2.29. The van der Waals surface area contributed by atoms with Crippen LogP contribution in [0.25, 0.3) is 0 Å². The van der Waals surface area contributed by atoms with E-state index in [1.54, 1.807) is 42.6 Å². The normalized spacial score (nSPS) is 15.8. The summed E-state index contributed by atoms with van der Waals surface area (Å²) in [6.07, 6.45) is 1.55. The molecular formula is C23H22ClN3O4. The van der Waals surface area contributed by atoms with Gasteiger partial charge >= 0.3 is 11.6 Å². The van der Waals surface area contributed by atoms with Crippen LogP contribution in [0.4, 0.5) is 5.69 Å². The van der Waals surface area contributed by atoms with E-state index in [2.05, 4.69) is 15.2 Å². The first kappa shape index (κ1) is 21.0. The molecule has 1 aliphatic rings. The Morgan fingerprint density at radius 2 is 1.77 bits per heavy atom. The molecule has 1 aliphatic heterocycles. The van der Waals surface area contributed by atoms with Crippen LogP contribution in [-0.2, 0) is 10.4 Å². The topological polar surface area (TPSA) is 94.7 Å². The summed E-state index contributed by atoms with van der Waals surface area (Å²) in [6, 6.07) is 16.4. The van der Waals surface area contributed by atoms with E-state index in [4.69, 9.17) is 16.3 Å². The first-order valence-electron chi connectivity index (χ1n) is 9.93. The number of ether oxygens (including phenoxy) is 1. The molecule has 4 rings (SSSR count). The lowest BCUT2D eigenvalue weighted by Gasteiger charge is -2.30. The third-order valence-corrected chi connectivity index (χ3v) is 5.51. The van der Waals surface area contributed by atoms with Gasteiger partial charge in [-0.15, -0.1) is 0 Å². The fourth-order valence-corrected chi connectivity index (χ4v) is 3.87. The first-order valence-corrected chi connectivity index (χ1v) is 10.3. The van der Waals surface area contributed by atoms with Gasteiger partial charge in [0.05, 0.1) is 5.69 Å². The maximum Gasteiger partial charge on any atom is 0.362 e. The minimum absolute atomic E-state index is 0.121. The number of rotatable bonds is 7. The SMILES string of the molecule is O=C(O)C(Oc1cccc(Cl)c1)(C(=O)c1ccc(N2CCNCC2)cc1)c1ccc[nH]1. The molecule has 0 bridgehead atoms. The van der Waals surface area contributed by atoms with E-state index in [0.717, 1.165) is 31.9 Å². The summed E-state index contributed by atoms with van der Waals surface area (Å²) >= 11 is 6.04. The molecule has 3 aromatic rings. The summed E-state index contributed by atoms with van der Waals surface area (Å²) in [5.74, 6) is -1.93. The number of ketones is 1. The number of anilines is 1. The Morgan fingerprint density at radius 1 is 1.03 bits per heavy atom. The van der Waals surface area contributed by atoms with Crippen molar-refractivity contribution in [1.29, 1.82) is 0 Å². The Balaban J connectivity index is 1.72. The number of Topliss-reactive ketones (excluding diaryl/α,β-unsaturated/α-hetero) is 1. The highest BCUT2D eigenvalue weighted by atomic mass is 35.5. The van der Waals surface area contributed by atoms with Crippen LogP contribution in [0.3, 0.4) is 0 Å². The summed E-state index contributed by atoms with van der Waals surface area (Å²) < 4.78 is 5.87. The molecule has 2 heterocycles. The number of nitrogens with one attached hydrogen (secondary N) is 2. The van der Waals surface area contributed by atoms with Gasteiger partial charge in [0, 0.05) is 48.6 Å². The molecule has 1 unspecified atom stereocenters. The van der Waals surface area contributed by atoms with Crippen LogP contribution in [0.1, 0.15) is 16.1 Å². The third kappa shape index (κ3) is 4.15. The number of aromatic nitrogens is 1. The van der Waals surface area contributed by atoms with Crippen LogP contribution < -0.4 is 15.0 Å². The quantitative estimate of drug-likeness (QED) is 0.386. The third-order valence-electron chi connectivity index (χ3n) is 5.28. The number of aromatic amines is 1. The lowest BCUT2D eigenvalue weighted by molar-refractivity contribution is -0.152. The molecule has 2 aromatic carbocycles. The van der Waals surface area contributed by atoms with Crippen LogP contribution in [-0.4, -0.2) is 48.0 Å². The Morgan fingerprint density at radius 3 is 2.39 bits per heavy atom. The molecule has 1 atom stereocenters. The Labute approximate surface area is 184 Å². The van der Waals surface area contributed by atoms with Crippen LogP contribution >= 0.6 is 11.6 Å². The highest BCUT2D eigenvalue weighted by Gasteiger charge is 2.52. The van der Waals surface area contributed by atoms with Crippen LogP contribution in [0.15, 0.2) is 66.9 Å². The monoisotopic (exact) mass is 439 g/mol. The molecule has 1 fully saturated rings. The summed E-state index contributed by atoms with van der Waals surface area (Å²) in [5.41, 5.74) is -0.950. The van der Waals surface area contributed by atoms with E-state index >= 15 is 0 Å². The van der Waals surface area contributed by atoms with Gasteiger partial charge in [0.15, 0.2) is 0 Å². The molecule has 0 aliphatic carbocycles. The fraction of sp³-hybridized carbons (Fsp3) is 0.217. The summed E-state index contributed by atoms with van der Waals surface area (Å²) in [6.45, 7) is 3.52. The van der Waals surface area contributed by atoms with Crippen LogP contribution in [0, 0.1) is 0 Å². The lowest BCUT2D eigenvalue weighted by Crippen LogP contribution is -2.49. The number of H-pyrrole nitrogens is 1. The largest absolute Gasteiger partial charge is 0.478 e. The van der Waals surface area contributed by atoms with E-state index in [0.29, 0.717) is 5.02 Å². The second kappa shape index (κ2) is 8.83. The van der Waals surface area contributed by atoms with E-state index in [1.165, 1.54) is 12.1 Å². The van der Waals surface area contributed by atoms with Gasteiger partial charge in [0.2, 0.25) is 5.78 Å². The van der Waals surface area contributed by atoms with Crippen LogP contribution in [0.5, 0.6) is 5.75 Å². The van der Waals surface area contributed by atoms with Gasteiger partial charge in [0.1, 0.15) is 5.75 Å². The van der Waals surface area contributed by atoms with Gasteiger partial charge in [-0.1, -0.05) is 17.7 Å². The number of carbonyl (C=O) groups excluding carboxylic acids is 1. The van der Waals surface area contributed by atoms with Crippen molar-refractivity contribution in [1.82, 2.24) is 10.3 Å².